The van der Waals surface area contributed by atoms with Crippen molar-refractivity contribution in [3.63, 3.8) is 0 Å². The number of rotatable bonds is 2. The first-order chi connectivity index (χ1) is 5.65. The number of nitrogens with two attached hydrogens (primary N) is 1. The summed E-state index contributed by atoms with van der Waals surface area (Å²) < 4.78 is 0. The van der Waals surface area contributed by atoms with Crippen LogP contribution in [0.3, 0.4) is 0 Å². The molecule has 1 atom stereocenters. The standard InChI is InChI=1S/C9H13ClN2/c1-6(12-2)8-4-3-7(11)5-9(8)10/h3-6,12H,11H2,1-2H3/t6-/m1/s1. The molecule has 2 nitrogen and oxygen atoms in total. The predicted molar refractivity (Wildman–Crippen MR) is 53.3 cm³/mol. The molecule has 0 aliphatic carbocycles. The van der Waals surface area contributed by atoms with Gasteiger partial charge in [-0.15, -0.1) is 0 Å². The summed E-state index contributed by atoms with van der Waals surface area (Å²) in [5, 5.41) is 3.84. The highest BCUT2D eigenvalue weighted by Crippen LogP contribution is 2.24. The second kappa shape index (κ2) is 3.78. The van der Waals surface area contributed by atoms with Crippen LogP contribution in [0.2, 0.25) is 5.02 Å². The highest BCUT2D eigenvalue weighted by atomic mass is 35.5. The zero-order valence-electron chi connectivity index (χ0n) is 7.26. The van der Waals surface area contributed by atoms with E-state index in [1.807, 2.05) is 19.2 Å². The van der Waals surface area contributed by atoms with Gasteiger partial charge in [-0.2, -0.15) is 0 Å². The van der Waals surface area contributed by atoms with Crippen molar-refractivity contribution >= 4 is 17.3 Å². The quantitative estimate of drug-likeness (QED) is 0.692. The summed E-state index contributed by atoms with van der Waals surface area (Å²) in [6.45, 7) is 2.05. The molecule has 1 rings (SSSR count). The fourth-order valence-electron chi connectivity index (χ4n) is 1.05. The minimum Gasteiger partial charge on any atom is -0.399 e. The van der Waals surface area contributed by atoms with E-state index in [0.29, 0.717) is 5.69 Å². The average Bonchev–Trinajstić information content (AvgIpc) is 2.03. The van der Waals surface area contributed by atoms with Crippen molar-refractivity contribution in [1.29, 1.82) is 0 Å². The third-order valence-corrected chi connectivity index (χ3v) is 2.25. The highest BCUT2D eigenvalue weighted by Gasteiger charge is 2.06. The number of nitrogen functional groups attached to an aromatic ring is 1. The molecular formula is C9H13ClN2. The van der Waals surface area contributed by atoms with Gasteiger partial charge in [-0.3, -0.25) is 0 Å². The van der Waals surface area contributed by atoms with Crippen molar-refractivity contribution in [3.8, 4) is 0 Å². The van der Waals surface area contributed by atoms with E-state index in [-0.39, 0.29) is 6.04 Å². The van der Waals surface area contributed by atoms with Crippen LogP contribution in [0.15, 0.2) is 18.2 Å². The summed E-state index contributed by atoms with van der Waals surface area (Å²) in [7, 11) is 1.90. The van der Waals surface area contributed by atoms with Crippen LogP contribution in [-0.2, 0) is 0 Å². The normalized spacial score (nSPS) is 12.9. The van der Waals surface area contributed by atoms with E-state index in [0.717, 1.165) is 10.6 Å². The Morgan fingerprint density at radius 2 is 2.17 bits per heavy atom. The van der Waals surface area contributed by atoms with Crippen molar-refractivity contribution in [1.82, 2.24) is 5.32 Å². The van der Waals surface area contributed by atoms with Crippen molar-refractivity contribution in [2.24, 2.45) is 0 Å². The molecule has 0 unspecified atom stereocenters. The van der Waals surface area contributed by atoms with Crippen LogP contribution in [-0.4, -0.2) is 7.05 Å². The zero-order chi connectivity index (χ0) is 9.14. The topological polar surface area (TPSA) is 38.0 Å². The Morgan fingerprint density at radius 1 is 1.50 bits per heavy atom. The van der Waals surface area contributed by atoms with E-state index in [1.54, 1.807) is 6.07 Å². The fourth-order valence-corrected chi connectivity index (χ4v) is 1.40. The molecule has 0 saturated heterocycles. The molecule has 1 aromatic carbocycles. The molecule has 0 amide bonds. The lowest BCUT2D eigenvalue weighted by atomic mass is 10.1. The maximum atomic E-state index is 5.98. The SMILES string of the molecule is CN[C@H](C)c1ccc(N)cc1Cl. The molecular weight excluding hydrogens is 172 g/mol. The van der Waals surface area contributed by atoms with E-state index in [2.05, 4.69) is 12.2 Å². The minimum atomic E-state index is 0.262. The lowest BCUT2D eigenvalue weighted by Crippen LogP contribution is -2.12. The summed E-state index contributed by atoms with van der Waals surface area (Å²) in [5.74, 6) is 0. The first-order valence-electron chi connectivity index (χ1n) is 3.87. The van der Waals surface area contributed by atoms with Gasteiger partial charge in [0.05, 0.1) is 0 Å². The smallest absolute Gasteiger partial charge is 0.0474 e. The molecule has 0 aromatic heterocycles. The number of benzene rings is 1. The van der Waals surface area contributed by atoms with Gasteiger partial charge in [-0.1, -0.05) is 17.7 Å². The summed E-state index contributed by atoms with van der Waals surface area (Å²) in [4.78, 5) is 0. The van der Waals surface area contributed by atoms with Gasteiger partial charge >= 0.3 is 0 Å². The van der Waals surface area contributed by atoms with Crippen molar-refractivity contribution in [2.75, 3.05) is 12.8 Å². The van der Waals surface area contributed by atoms with Gasteiger partial charge in [0.15, 0.2) is 0 Å². The largest absolute Gasteiger partial charge is 0.399 e. The van der Waals surface area contributed by atoms with E-state index < -0.39 is 0 Å². The van der Waals surface area contributed by atoms with E-state index in [9.17, 15) is 0 Å². The molecule has 0 fully saturated rings. The first-order valence-corrected chi connectivity index (χ1v) is 4.25. The lowest BCUT2D eigenvalue weighted by molar-refractivity contribution is 0.653. The number of halogens is 1. The summed E-state index contributed by atoms with van der Waals surface area (Å²) >= 11 is 5.98. The molecule has 0 saturated carbocycles. The van der Waals surface area contributed by atoms with Crippen LogP contribution in [0, 0.1) is 0 Å². The summed E-state index contributed by atoms with van der Waals surface area (Å²) in [5.41, 5.74) is 7.34. The second-order valence-corrected chi connectivity index (χ2v) is 3.20. The van der Waals surface area contributed by atoms with E-state index >= 15 is 0 Å². The average molecular weight is 185 g/mol. The number of hydrogen-bond acceptors (Lipinski definition) is 2. The molecule has 0 aliphatic heterocycles. The van der Waals surface area contributed by atoms with Crippen LogP contribution in [0.4, 0.5) is 5.69 Å². The lowest BCUT2D eigenvalue weighted by Gasteiger charge is -2.12. The third kappa shape index (κ3) is 1.90. The Kier molecular flexibility index (Phi) is 2.95. The van der Waals surface area contributed by atoms with Gasteiger partial charge in [-0.25, -0.2) is 0 Å². The van der Waals surface area contributed by atoms with Crippen LogP contribution < -0.4 is 11.1 Å². The number of hydrogen-bond donors (Lipinski definition) is 2. The van der Waals surface area contributed by atoms with Gasteiger partial charge in [0.1, 0.15) is 0 Å². The monoisotopic (exact) mass is 184 g/mol. The number of anilines is 1. The van der Waals surface area contributed by atoms with E-state index in [1.165, 1.54) is 0 Å². The van der Waals surface area contributed by atoms with Crippen LogP contribution >= 0.6 is 11.6 Å². The van der Waals surface area contributed by atoms with Crippen LogP contribution in [0.25, 0.3) is 0 Å². The van der Waals surface area contributed by atoms with Gasteiger partial charge in [0, 0.05) is 16.8 Å². The highest BCUT2D eigenvalue weighted by molar-refractivity contribution is 6.31. The third-order valence-electron chi connectivity index (χ3n) is 1.92. The Morgan fingerprint density at radius 3 is 2.67 bits per heavy atom. The van der Waals surface area contributed by atoms with Gasteiger partial charge in [0.25, 0.3) is 0 Å². The first kappa shape index (κ1) is 9.36. The predicted octanol–water partition coefficient (Wildman–Crippen LogP) is 2.20. The van der Waals surface area contributed by atoms with Crippen molar-refractivity contribution in [3.05, 3.63) is 28.8 Å². The van der Waals surface area contributed by atoms with Crippen LogP contribution in [0.5, 0.6) is 0 Å². The Bertz CT molecular complexity index is 273. The molecule has 0 spiro atoms. The molecule has 3 N–H and O–H groups in total. The Balaban J connectivity index is 3.01. The molecule has 1 aromatic rings. The maximum Gasteiger partial charge on any atom is 0.0474 e. The Hall–Kier alpha value is -0.730. The maximum absolute atomic E-state index is 5.98. The van der Waals surface area contributed by atoms with Crippen molar-refractivity contribution < 1.29 is 0 Å². The Labute approximate surface area is 77.7 Å². The molecule has 12 heavy (non-hydrogen) atoms. The molecule has 0 heterocycles. The van der Waals surface area contributed by atoms with E-state index in [4.69, 9.17) is 17.3 Å². The van der Waals surface area contributed by atoms with Crippen LogP contribution in [0.1, 0.15) is 18.5 Å². The fraction of sp³-hybridized carbons (Fsp3) is 0.333. The summed E-state index contributed by atoms with van der Waals surface area (Å²) in [6, 6.07) is 5.83. The van der Waals surface area contributed by atoms with Gasteiger partial charge in [0.2, 0.25) is 0 Å². The summed E-state index contributed by atoms with van der Waals surface area (Å²) in [6.07, 6.45) is 0. The molecule has 0 radical (unpaired) electrons. The molecule has 3 heteroatoms. The molecule has 0 bridgehead atoms. The van der Waals surface area contributed by atoms with Gasteiger partial charge < -0.3 is 11.1 Å². The van der Waals surface area contributed by atoms with Crippen molar-refractivity contribution in [2.45, 2.75) is 13.0 Å². The molecule has 66 valence electrons. The molecule has 0 aliphatic rings. The van der Waals surface area contributed by atoms with Gasteiger partial charge in [-0.05, 0) is 31.7 Å². The minimum absolute atomic E-state index is 0.262. The number of nitrogens with one attached hydrogen (secondary N) is 1. The zero-order valence-corrected chi connectivity index (χ0v) is 8.02. The second-order valence-electron chi connectivity index (χ2n) is 2.79.